The second-order valence-corrected chi connectivity index (χ2v) is 7.35. The summed E-state index contributed by atoms with van der Waals surface area (Å²) in [6, 6.07) is -0.563. The third-order valence-electron chi connectivity index (χ3n) is 5.72. The van der Waals surface area contributed by atoms with Crippen molar-refractivity contribution in [3.63, 3.8) is 0 Å². The second-order valence-electron chi connectivity index (χ2n) is 7.35. The fourth-order valence-electron chi connectivity index (χ4n) is 4.70. The fourth-order valence-corrected chi connectivity index (χ4v) is 4.70. The van der Waals surface area contributed by atoms with Crippen molar-refractivity contribution in [2.75, 3.05) is 0 Å². The van der Waals surface area contributed by atoms with Crippen LogP contribution in [0.3, 0.4) is 0 Å². The Bertz CT molecular complexity index is 619. The monoisotopic (exact) mass is 334 g/mol. The van der Waals surface area contributed by atoms with Gasteiger partial charge in [0.15, 0.2) is 0 Å². The molecule has 0 aromatic carbocycles. The van der Waals surface area contributed by atoms with E-state index >= 15 is 0 Å². The van der Waals surface area contributed by atoms with Crippen LogP contribution in [0.2, 0.25) is 0 Å². The van der Waals surface area contributed by atoms with Crippen molar-refractivity contribution in [2.24, 2.45) is 5.92 Å². The van der Waals surface area contributed by atoms with Gasteiger partial charge in [-0.25, -0.2) is 4.79 Å². The van der Waals surface area contributed by atoms with Crippen LogP contribution >= 0.6 is 0 Å². The molecule has 1 saturated heterocycles. The number of nitrogens with zero attached hydrogens (tertiary/aromatic N) is 2. The quantitative estimate of drug-likeness (QED) is 0.915. The Hall–Kier alpha value is -1.85. The molecule has 1 saturated carbocycles. The van der Waals surface area contributed by atoms with Gasteiger partial charge < -0.3 is 14.5 Å². The zero-order valence-electron chi connectivity index (χ0n) is 14.6. The van der Waals surface area contributed by atoms with Crippen LogP contribution in [-0.2, 0) is 9.59 Å². The molecule has 1 N–H and O–H groups in total. The summed E-state index contributed by atoms with van der Waals surface area (Å²) >= 11 is 0. The van der Waals surface area contributed by atoms with Gasteiger partial charge in [0.25, 0.3) is 0 Å². The maximum Gasteiger partial charge on any atom is 0.326 e. The predicted octanol–water partition coefficient (Wildman–Crippen LogP) is 3.03. The molecule has 6 nitrogen and oxygen atoms in total. The molecular formula is C18H26N2O4. The van der Waals surface area contributed by atoms with Gasteiger partial charge in [0.1, 0.15) is 11.8 Å². The third kappa shape index (κ3) is 2.94. The molecule has 6 heteroatoms. The molecule has 2 heterocycles. The predicted molar refractivity (Wildman–Crippen MR) is 87.6 cm³/mol. The normalized spacial score (nSPS) is 27.8. The van der Waals surface area contributed by atoms with Crippen LogP contribution in [-0.4, -0.2) is 39.1 Å². The SMILES string of the molecule is Cc1noc(C)c1C(C)CC(=O)N1C(C(=O)O)CC2CCCCC21. The molecular weight excluding hydrogens is 308 g/mol. The molecule has 1 aromatic heterocycles. The van der Waals surface area contributed by atoms with Crippen LogP contribution in [0.15, 0.2) is 4.52 Å². The van der Waals surface area contributed by atoms with Crippen molar-refractivity contribution in [1.29, 1.82) is 0 Å². The Morgan fingerprint density at radius 2 is 2.04 bits per heavy atom. The van der Waals surface area contributed by atoms with Crippen LogP contribution in [0.4, 0.5) is 0 Å². The highest BCUT2D eigenvalue weighted by atomic mass is 16.5. The molecule has 1 amide bonds. The lowest BCUT2D eigenvalue weighted by Gasteiger charge is -2.33. The lowest BCUT2D eigenvalue weighted by atomic mass is 9.84. The van der Waals surface area contributed by atoms with Crippen LogP contribution in [0.5, 0.6) is 0 Å². The maximum absolute atomic E-state index is 13.0. The van der Waals surface area contributed by atoms with Crippen LogP contribution in [0, 0.1) is 19.8 Å². The van der Waals surface area contributed by atoms with Gasteiger partial charge in [0.2, 0.25) is 5.91 Å². The van der Waals surface area contributed by atoms with Gasteiger partial charge in [-0.15, -0.1) is 0 Å². The lowest BCUT2D eigenvalue weighted by Crippen LogP contribution is -2.46. The number of fused-ring (bicyclic) bond motifs is 1. The van der Waals surface area contributed by atoms with Crippen LogP contribution in [0.25, 0.3) is 0 Å². The molecule has 0 spiro atoms. The lowest BCUT2D eigenvalue weighted by molar-refractivity contribution is -0.150. The van der Waals surface area contributed by atoms with Gasteiger partial charge in [-0.3, -0.25) is 4.79 Å². The zero-order valence-corrected chi connectivity index (χ0v) is 14.6. The molecule has 2 fully saturated rings. The zero-order chi connectivity index (χ0) is 17.4. The van der Waals surface area contributed by atoms with Gasteiger partial charge in [0, 0.05) is 18.0 Å². The van der Waals surface area contributed by atoms with Crippen molar-refractivity contribution in [3.05, 3.63) is 17.0 Å². The Morgan fingerprint density at radius 1 is 1.33 bits per heavy atom. The molecule has 0 radical (unpaired) electrons. The summed E-state index contributed by atoms with van der Waals surface area (Å²) in [5.41, 5.74) is 1.77. The molecule has 4 unspecified atom stereocenters. The van der Waals surface area contributed by atoms with Gasteiger partial charge in [-0.2, -0.15) is 0 Å². The standard InChI is InChI=1S/C18H26N2O4/c1-10(17-11(2)19-24-12(17)3)8-16(21)20-14-7-5-4-6-13(14)9-15(20)18(22)23/h10,13-15H,4-9H2,1-3H3,(H,22,23). The van der Waals surface area contributed by atoms with E-state index in [1.165, 1.54) is 0 Å². The number of hydrogen-bond donors (Lipinski definition) is 1. The Morgan fingerprint density at radius 3 is 2.67 bits per heavy atom. The number of aromatic nitrogens is 1. The van der Waals surface area contributed by atoms with E-state index in [1.54, 1.807) is 4.90 Å². The first-order valence-corrected chi connectivity index (χ1v) is 8.86. The van der Waals surface area contributed by atoms with Crippen molar-refractivity contribution < 1.29 is 19.2 Å². The number of aliphatic carboxylic acids is 1. The van der Waals surface area contributed by atoms with Gasteiger partial charge in [-0.1, -0.05) is 24.9 Å². The summed E-state index contributed by atoms with van der Waals surface area (Å²) in [4.78, 5) is 26.3. The summed E-state index contributed by atoms with van der Waals surface area (Å²) in [7, 11) is 0. The number of carbonyl (C=O) groups excluding carboxylic acids is 1. The minimum atomic E-state index is -0.872. The van der Waals surface area contributed by atoms with Crippen LogP contribution < -0.4 is 0 Å². The average Bonchev–Trinajstić information content (AvgIpc) is 3.07. The van der Waals surface area contributed by atoms with E-state index in [-0.39, 0.29) is 17.9 Å². The number of amides is 1. The molecule has 132 valence electrons. The topological polar surface area (TPSA) is 83.6 Å². The summed E-state index contributed by atoms with van der Waals surface area (Å²) in [6.45, 7) is 5.71. The molecule has 1 aliphatic carbocycles. The minimum Gasteiger partial charge on any atom is -0.480 e. The third-order valence-corrected chi connectivity index (χ3v) is 5.72. The van der Waals surface area contributed by atoms with Gasteiger partial charge >= 0.3 is 5.97 Å². The first-order valence-electron chi connectivity index (χ1n) is 8.86. The first-order chi connectivity index (χ1) is 11.4. The van der Waals surface area contributed by atoms with E-state index in [0.29, 0.717) is 18.8 Å². The molecule has 3 rings (SSSR count). The first kappa shape index (κ1) is 17.0. The number of likely N-dealkylation sites (tertiary alicyclic amines) is 1. The molecule has 24 heavy (non-hydrogen) atoms. The Balaban J connectivity index is 1.78. The summed E-state index contributed by atoms with van der Waals surface area (Å²) in [5, 5.41) is 13.5. The van der Waals surface area contributed by atoms with Crippen molar-refractivity contribution in [1.82, 2.24) is 10.1 Å². The summed E-state index contributed by atoms with van der Waals surface area (Å²) < 4.78 is 5.20. The van der Waals surface area contributed by atoms with E-state index in [2.05, 4.69) is 5.16 Å². The molecule has 2 aliphatic rings. The summed E-state index contributed by atoms with van der Waals surface area (Å²) in [6.07, 6.45) is 5.10. The van der Waals surface area contributed by atoms with Gasteiger partial charge in [0.05, 0.1) is 5.69 Å². The highest BCUT2D eigenvalue weighted by Gasteiger charge is 2.47. The van der Waals surface area contributed by atoms with E-state index in [0.717, 1.165) is 42.7 Å². The van der Waals surface area contributed by atoms with Crippen molar-refractivity contribution in [3.8, 4) is 0 Å². The molecule has 1 aromatic rings. The number of hydrogen-bond acceptors (Lipinski definition) is 4. The van der Waals surface area contributed by atoms with Crippen LogP contribution in [0.1, 0.15) is 68.4 Å². The number of carbonyl (C=O) groups is 2. The summed E-state index contributed by atoms with van der Waals surface area (Å²) in [5.74, 6) is 0.130. The smallest absolute Gasteiger partial charge is 0.326 e. The van der Waals surface area contributed by atoms with Crippen molar-refractivity contribution in [2.45, 2.75) is 77.3 Å². The number of aryl methyl sites for hydroxylation is 2. The molecule has 4 atom stereocenters. The molecule has 1 aliphatic heterocycles. The highest BCUT2D eigenvalue weighted by Crippen LogP contribution is 2.41. The average molecular weight is 334 g/mol. The Kier molecular flexibility index (Phi) is 4.65. The largest absolute Gasteiger partial charge is 0.480 e. The molecule has 0 bridgehead atoms. The Labute approximate surface area is 142 Å². The van der Waals surface area contributed by atoms with E-state index in [1.807, 2.05) is 20.8 Å². The number of rotatable bonds is 4. The van der Waals surface area contributed by atoms with E-state index in [9.17, 15) is 14.7 Å². The number of carboxylic acids is 1. The van der Waals surface area contributed by atoms with Gasteiger partial charge in [-0.05, 0) is 44.9 Å². The van der Waals surface area contributed by atoms with E-state index < -0.39 is 12.0 Å². The maximum atomic E-state index is 13.0. The minimum absolute atomic E-state index is 0.0270. The van der Waals surface area contributed by atoms with Crippen molar-refractivity contribution >= 4 is 11.9 Å². The number of carboxylic acid groups (broad SMARTS) is 1. The fraction of sp³-hybridized carbons (Fsp3) is 0.722. The second kappa shape index (κ2) is 6.57. The van der Waals surface area contributed by atoms with E-state index in [4.69, 9.17) is 4.52 Å². The highest BCUT2D eigenvalue weighted by molar-refractivity contribution is 5.85.